The molecule has 2 aliphatic rings. The molecule has 0 saturated heterocycles. The highest BCUT2D eigenvalue weighted by molar-refractivity contribution is 6.10. The zero-order valence-corrected chi connectivity index (χ0v) is 37.8. The molecule has 0 atom stereocenters. The van der Waals surface area contributed by atoms with Gasteiger partial charge >= 0.3 is 0 Å². The first-order chi connectivity index (χ1) is 34.2. The first kappa shape index (κ1) is 39.2. The lowest BCUT2D eigenvalue weighted by atomic mass is 9.70. The number of rotatable bonds is 7. The Morgan fingerprint density at radius 3 is 1.17 bits per heavy atom. The summed E-state index contributed by atoms with van der Waals surface area (Å²) >= 11 is 0. The van der Waals surface area contributed by atoms with E-state index in [-0.39, 0.29) is 0 Å². The molecule has 2 nitrogen and oxygen atoms in total. The highest BCUT2D eigenvalue weighted by atomic mass is 15.1. The van der Waals surface area contributed by atoms with E-state index < -0.39 is 5.41 Å². The molecule has 69 heavy (non-hydrogen) atoms. The molecule has 1 heterocycles. The van der Waals surface area contributed by atoms with E-state index in [1.807, 2.05) is 0 Å². The van der Waals surface area contributed by atoms with Crippen LogP contribution in [0.2, 0.25) is 0 Å². The minimum Gasteiger partial charge on any atom is -0.310 e. The molecule has 0 bridgehead atoms. The fraction of sp³-hybridized carbons (Fsp3) is 0.0149. The third-order valence-corrected chi connectivity index (χ3v) is 14.9. The van der Waals surface area contributed by atoms with Gasteiger partial charge < -0.3 is 9.47 Å². The molecule has 12 aromatic rings. The summed E-state index contributed by atoms with van der Waals surface area (Å²) in [5, 5.41) is 2.53. The van der Waals surface area contributed by atoms with Crippen LogP contribution in [0.3, 0.4) is 0 Å². The van der Waals surface area contributed by atoms with Gasteiger partial charge in [0.25, 0.3) is 0 Å². The molecule has 0 fully saturated rings. The average molecular weight is 877 g/mol. The third-order valence-electron chi connectivity index (χ3n) is 14.9. The summed E-state index contributed by atoms with van der Waals surface area (Å²) in [6.07, 6.45) is 0. The van der Waals surface area contributed by atoms with Gasteiger partial charge in [-0.2, -0.15) is 0 Å². The summed E-state index contributed by atoms with van der Waals surface area (Å²) < 4.78 is 2.42. The highest BCUT2D eigenvalue weighted by Gasteiger charge is 2.51. The lowest BCUT2D eigenvalue weighted by Crippen LogP contribution is -2.26. The molecule has 322 valence electrons. The van der Waals surface area contributed by atoms with Crippen LogP contribution in [-0.4, -0.2) is 4.57 Å². The molecule has 11 aromatic carbocycles. The number of aromatic nitrogens is 1. The highest BCUT2D eigenvalue weighted by Crippen LogP contribution is 2.63. The van der Waals surface area contributed by atoms with Crippen LogP contribution in [0.1, 0.15) is 22.3 Å². The number of anilines is 3. The molecule has 14 rings (SSSR count). The maximum absolute atomic E-state index is 2.48. The summed E-state index contributed by atoms with van der Waals surface area (Å²) in [7, 11) is 0. The van der Waals surface area contributed by atoms with Crippen molar-refractivity contribution in [2.45, 2.75) is 5.41 Å². The van der Waals surface area contributed by atoms with Crippen molar-refractivity contribution in [2.75, 3.05) is 4.90 Å². The first-order valence-electron chi connectivity index (χ1n) is 23.9. The molecule has 2 heteroatoms. The first-order valence-corrected chi connectivity index (χ1v) is 23.9. The van der Waals surface area contributed by atoms with E-state index in [2.05, 4.69) is 276 Å². The quantitative estimate of drug-likeness (QED) is 0.155. The van der Waals surface area contributed by atoms with Crippen LogP contribution in [0.4, 0.5) is 17.1 Å². The van der Waals surface area contributed by atoms with Crippen molar-refractivity contribution < 1.29 is 0 Å². The lowest BCUT2D eigenvalue weighted by molar-refractivity contribution is 0.793. The Bertz CT molecular complexity index is 3820. The molecule has 0 unspecified atom stereocenters. The molecule has 0 amide bonds. The van der Waals surface area contributed by atoms with E-state index in [4.69, 9.17) is 0 Å². The Labute approximate surface area is 402 Å². The smallest absolute Gasteiger partial charge is 0.0726 e. The van der Waals surface area contributed by atoms with Crippen molar-refractivity contribution in [2.24, 2.45) is 0 Å². The van der Waals surface area contributed by atoms with Crippen LogP contribution in [0.5, 0.6) is 0 Å². The monoisotopic (exact) mass is 876 g/mol. The van der Waals surface area contributed by atoms with Crippen LogP contribution in [0.15, 0.2) is 267 Å². The third kappa shape index (κ3) is 5.92. The maximum Gasteiger partial charge on any atom is 0.0726 e. The number of benzene rings is 11. The Balaban J connectivity index is 0.868. The second-order valence-electron chi connectivity index (χ2n) is 18.4. The van der Waals surface area contributed by atoms with Gasteiger partial charge in [0.15, 0.2) is 0 Å². The molecular formula is C67H44N2. The van der Waals surface area contributed by atoms with E-state index >= 15 is 0 Å². The van der Waals surface area contributed by atoms with Gasteiger partial charge in [0.05, 0.1) is 22.1 Å². The Morgan fingerprint density at radius 1 is 0.261 bits per heavy atom. The van der Waals surface area contributed by atoms with Gasteiger partial charge in [-0.3, -0.25) is 0 Å². The van der Waals surface area contributed by atoms with Gasteiger partial charge in [0.1, 0.15) is 0 Å². The molecule has 0 radical (unpaired) electrons. The van der Waals surface area contributed by atoms with Crippen LogP contribution < -0.4 is 4.90 Å². The fourth-order valence-electron chi connectivity index (χ4n) is 11.8. The van der Waals surface area contributed by atoms with Crippen molar-refractivity contribution in [1.82, 2.24) is 4.57 Å². The summed E-state index contributed by atoms with van der Waals surface area (Å²) in [5.41, 5.74) is 24.2. The Morgan fingerprint density at radius 2 is 0.638 bits per heavy atom. The van der Waals surface area contributed by atoms with Crippen molar-refractivity contribution in [1.29, 1.82) is 0 Å². The largest absolute Gasteiger partial charge is 0.310 e. The van der Waals surface area contributed by atoms with Crippen molar-refractivity contribution in [3.63, 3.8) is 0 Å². The molecule has 1 spiro atoms. The van der Waals surface area contributed by atoms with Crippen LogP contribution in [-0.2, 0) is 5.41 Å². The van der Waals surface area contributed by atoms with Crippen molar-refractivity contribution >= 4 is 38.9 Å². The SMILES string of the molecule is c1ccc(-c2ccc(N(c3ccc(-c4ccc(-c5ccccc5-n5c6ccccc6c6ccccc65)cc4)cc3)c3ccc4c(c3)C3(c5ccccc5-c5ccccc53)c3ccccc3-4)cc2)cc1. The van der Waals surface area contributed by atoms with E-state index in [0.717, 1.165) is 17.1 Å². The Kier molecular flexibility index (Phi) is 8.84. The van der Waals surface area contributed by atoms with Crippen molar-refractivity contribution in [3.8, 4) is 61.3 Å². The molecule has 0 saturated carbocycles. The number of hydrogen-bond acceptors (Lipinski definition) is 1. The summed E-state index contributed by atoms with van der Waals surface area (Å²) in [5.74, 6) is 0. The van der Waals surface area contributed by atoms with E-state index in [9.17, 15) is 0 Å². The summed E-state index contributed by atoms with van der Waals surface area (Å²) in [6.45, 7) is 0. The molecule has 1 aromatic heterocycles. The van der Waals surface area contributed by atoms with Gasteiger partial charge in [-0.1, -0.05) is 212 Å². The molecular weight excluding hydrogens is 833 g/mol. The second kappa shape index (κ2) is 15.6. The zero-order valence-electron chi connectivity index (χ0n) is 37.8. The lowest BCUT2D eigenvalue weighted by Gasteiger charge is -2.32. The number of nitrogens with zero attached hydrogens (tertiary/aromatic N) is 2. The fourth-order valence-corrected chi connectivity index (χ4v) is 11.8. The van der Waals surface area contributed by atoms with E-state index in [0.29, 0.717) is 0 Å². The average Bonchev–Trinajstić information content (AvgIpc) is 4.03. The van der Waals surface area contributed by atoms with Crippen LogP contribution in [0, 0.1) is 0 Å². The zero-order chi connectivity index (χ0) is 45.5. The standard InChI is InChI=1S/C67H44N2/c1-2-16-45(17-3-1)47-34-38-50(39-35-47)68(52-42-43-57-56-21-6-12-26-62(56)67(63(57)44-52)60-24-10-4-19-54(60)55-20-5-11-25-61(55)67)51-40-36-48(37-41-51)46-30-32-49(33-31-46)53-18-7-13-27-64(53)69-65-28-14-8-22-58(65)59-23-9-15-29-66(59)69/h1-44H. The Hall–Kier alpha value is -8.98. The minimum atomic E-state index is -0.433. The van der Waals surface area contributed by atoms with Gasteiger partial charge in [-0.05, 0) is 127 Å². The predicted octanol–water partition coefficient (Wildman–Crippen LogP) is 17.6. The van der Waals surface area contributed by atoms with E-state index in [1.54, 1.807) is 0 Å². The molecule has 2 aliphatic carbocycles. The number of fused-ring (bicyclic) bond motifs is 13. The molecule has 0 N–H and O–H groups in total. The second-order valence-corrected chi connectivity index (χ2v) is 18.4. The minimum absolute atomic E-state index is 0.433. The summed E-state index contributed by atoms with van der Waals surface area (Å²) in [4.78, 5) is 2.43. The van der Waals surface area contributed by atoms with Crippen LogP contribution >= 0.6 is 0 Å². The predicted molar refractivity (Wildman–Crippen MR) is 288 cm³/mol. The van der Waals surface area contributed by atoms with E-state index in [1.165, 1.54) is 105 Å². The van der Waals surface area contributed by atoms with Gasteiger partial charge in [-0.25, -0.2) is 0 Å². The van der Waals surface area contributed by atoms with Gasteiger partial charge in [0, 0.05) is 33.4 Å². The number of para-hydroxylation sites is 3. The summed E-state index contributed by atoms with van der Waals surface area (Å²) in [6, 6.07) is 98.4. The topological polar surface area (TPSA) is 8.17 Å². The number of hydrogen-bond donors (Lipinski definition) is 0. The maximum atomic E-state index is 2.48. The van der Waals surface area contributed by atoms with Gasteiger partial charge in [-0.15, -0.1) is 0 Å². The van der Waals surface area contributed by atoms with Crippen LogP contribution in [0.25, 0.3) is 83.1 Å². The van der Waals surface area contributed by atoms with Crippen molar-refractivity contribution in [3.05, 3.63) is 289 Å². The van der Waals surface area contributed by atoms with Gasteiger partial charge in [0.2, 0.25) is 0 Å². The molecule has 0 aliphatic heterocycles. The normalized spacial score (nSPS) is 12.8.